The van der Waals surface area contributed by atoms with Gasteiger partial charge in [-0.15, -0.1) is 21.5 Å². The molecule has 2 aromatic heterocycles. The van der Waals surface area contributed by atoms with E-state index in [-0.39, 0.29) is 25.0 Å². The summed E-state index contributed by atoms with van der Waals surface area (Å²) in [5, 5.41) is 16.4. The summed E-state index contributed by atoms with van der Waals surface area (Å²) in [5.74, 6) is 0.582. The van der Waals surface area contributed by atoms with Crippen molar-refractivity contribution in [3.05, 3.63) is 39.8 Å². The first kappa shape index (κ1) is 17.4. The van der Waals surface area contributed by atoms with Gasteiger partial charge in [-0.2, -0.15) is 0 Å². The lowest BCUT2D eigenvalue weighted by molar-refractivity contribution is -0.115. The zero-order valence-corrected chi connectivity index (χ0v) is 15.6. The number of carbonyl (C=O) groups excluding carboxylic acids is 2. The number of fused-ring (bicyclic) bond motifs is 1. The van der Waals surface area contributed by atoms with Crippen molar-refractivity contribution in [1.82, 2.24) is 15.2 Å². The predicted molar refractivity (Wildman–Crippen MR) is 99.6 cm³/mol. The highest BCUT2D eigenvalue weighted by molar-refractivity contribution is 7.15. The van der Waals surface area contributed by atoms with Crippen LogP contribution in [0.2, 0.25) is 0 Å². The zero-order valence-electron chi connectivity index (χ0n) is 14.0. The molecular weight excluding hydrogens is 390 g/mol. The zero-order chi connectivity index (χ0) is 18.8. The summed E-state index contributed by atoms with van der Waals surface area (Å²) >= 11 is 2.54. The molecule has 3 aromatic rings. The minimum absolute atomic E-state index is 0.0784. The van der Waals surface area contributed by atoms with Gasteiger partial charge in [0.25, 0.3) is 5.91 Å². The first-order valence-electron chi connectivity index (χ1n) is 7.82. The average Bonchev–Trinajstić information content (AvgIpc) is 3.36. The number of ether oxygens (including phenoxy) is 2. The number of aryl methyl sites for hydroxylation is 1. The van der Waals surface area contributed by atoms with Crippen LogP contribution in [-0.4, -0.2) is 33.8 Å². The fraction of sp³-hybridized carbons (Fsp3) is 0.188. The van der Waals surface area contributed by atoms with Gasteiger partial charge in [0.2, 0.25) is 17.8 Å². The molecule has 3 heterocycles. The van der Waals surface area contributed by atoms with E-state index in [0.717, 1.165) is 5.01 Å². The third-order valence-corrected chi connectivity index (χ3v) is 5.08. The van der Waals surface area contributed by atoms with Gasteiger partial charge in [-0.1, -0.05) is 11.3 Å². The van der Waals surface area contributed by atoms with Crippen LogP contribution in [0.1, 0.15) is 21.1 Å². The Morgan fingerprint density at radius 2 is 2.00 bits per heavy atom. The second-order valence-electron chi connectivity index (χ2n) is 5.52. The van der Waals surface area contributed by atoms with Crippen molar-refractivity contribution in [3.8, 4) is 11.5 Å². The maximum absolute atomic E-state index is 12.4. The fourth-order valence-corrected chi connectivity index (χ4v) is 3.64. The third-order valence-electron chi connectivity index (χ3n) is 3.52. The van der Waals surface area contributed by atoms with Crippen LogP contribution >= 0.6 is 22.7 Å². The van der Waals surface area contributed by atoms with Crippen LogP contribution in [0.4, 0.5) is 10.3 Å². The molecule has 2 N–H and O–H groups in total. The first-order chi connectivity index (χ1) is 13.1. The van der Waals surface area contributed by atoms with Gasteiger partial charge in [-0.05, 0) is 25.1 Å². The second kappa shape index (κ2) is 7.29. The van der Waals surface area contributed by atoms with Crippen LogP contribution in [0.3, 0.4) is 0 Å². The number of thiazole rings is 1. The molecule has 0 atom stereocenters. The molecule has 0 bridgehead atoms. The van der Waals surface area contributed by atoms with Crippen molar-refractivity contribution in [1.29, 1.82) is 0 Å². The summed E-state index contributed by atoms with van der Waals surface area (Å²) in [5.41, 5.74) is 0.986. The Kier molecular flexibility index (Phi) is 4.69. The van der Waals surface area contributed by atoms with Gasteiger partial charge in [0.1, 0.15) is 5.01 Å². The Morgan fingerprint density at radius 1 is 1.15 bits per heavy atom. The number of benzene rings is 1. The summed E-state index contributed by atoms with van der Waals surface area (Å²) < 4.78 is 10.5. The van der Waals surface area contributed by atoms with Gasteiger partial charge in [-0.25, -0.2) is 4.98 Å². The quantitative estimate of drug-likeness (QED) is 0.672. The monoisotopic (exact) mass is 403 g/mol. The number of rotatable bonds is 5. The van der Waals surface area contributed by atoms with Gasteiger partial charge in [-0.3, -0.25) is 14.9 Å². The highest BCUT2D eigenvalue weighted by Crippen LogP contribution is 2.32. The van der Waals surface area contributed by atoms with Crippen LogP contribution < -0.4 is 20.1 Å². The van der Waals surface area contributed by atoms with E-state index in [0.29, 0.717) is 33.0 Å². The van der Waals surface area contributed by atoms with E-state index in [1.54, 1.807) is 23.6 Å². The number of aromatic nitrogens is 3. The molecular formula is C16H13N5O4S2. The number of hydrogen-bond acceptors (Lipinski definition) is 9. The fourth-order valence-electron chi connectivity index (χ4n) is 2.33. The van der Waals surface area contributed by atoms with Crippen molar-refractivity contribution in [2.24, 2.45) is 0 Å². The van der Waals surface area contributed by atoms with Crippen LogP contribution in [0, 0.1) is 6.92 Å². The largest absolute Gasteiger partial charge is 0.454 e. The molecule has 138 valence electrons. The van der Waals surface area contributed by atoms with E-state index in [2.05, 4.69) is 25.8 Å². The molecule has 1 aliphatic heterocycles. The molecule has 2 amide bonds. The van der Waals surface area contributed by atoms with Crippen LogP contribution in [-0.2, 0) is 11.2 Å². The van der Waals surface area contributed by atoms with Crippen LogP contribution in [0.25, 0.3) is 0 Å². The molecule has 0 unspecified atom stereocenters. The number of anilines is 2. The molecule has 4 rings (SSSR count). The molecule has 0 aliphatic carbocycles. The van der Waals surface area contributed by atoms with Gasteiger partial charge < -0.3 is 14.8 Å². The van der Waals surface area contributed by atoms with E-state index >= 15 is 0 Å². The van der Waals surface area contributed by atoms with Crippen molar-refractivity contribution in [2.45, 2.75) is 13.3 Å². The highest BCUT2D eigenvalue weighted by Gasteiger charge is 2.17. The Morgan fingerprint density at radius 3 is 2.81 bits per heavy atom. The molecule has 0 fully saturated rings. The first-order valence-corrected chi connectivity index (χ1v) is 9.52. The lowest BCUT2D eigenvalue weighted by Gasteiger charge is -2.03. The molecule has 1 aliphatic rings. The summed E-state index contributed by atoms with van der Waals surface area (Å²) in [7, 11) is 0. The Labute approximate surface area is 161 Å². The second-order valence-corrected chi connectivity index (χ2v) is 7.56. The molecule has 11 heteroatoms. The summed E-state index contributed by atoms with van der Waals surface area (Å²) in [6.07, 6.45) is 0.0784. The van der Waals surface area contributed by atoms with E-state index in [1.807, 2.05) is 6.92 Å². The topological polar surface area (TPSA) is 115 Å². The maximum Gasteiger partial charge on any atom is 0.257 e. The standard InChI is InChI=1S/C16H13N5O4S2/c1-8-20-21-16(27-8)18-13(22)5-10-6-26-15(17-10)19-14(23)9-2-3-11-12(4-9)25-7-24-11/h2-4,6H,5,7H2,1H3,(H,17,19,23)(H,18,21,22). The SMILES string of the molecule is Cc1nnc(NC(=O)Cc2csc(NC(=O)c3ccc4c(c3)OCO4)n2)s1. The molecule has 0 saturated heterocycles. The van der Waals surface area contributed by atoms with Crippen molar-refractivity contribution >= 4 is 44.8 Å². The molecule has 0 saturated carbocycles. The summed E-state index contributed by atoms with van der Waals surface area (Å²) in [6, 6.07) is 4.95. The summed E-state index contributed by atoms with van der Waals surface area (Å²) in [6.45, 7) is 1.96. The Balaban J connectivity index is 1.36. The van der Waals surface area contributed by atoms with Crippen LogP contribution in [0.5, 0.6) is 11.5 Å². The number of carbonyl (C=O) groups is 2. The normalized spacial score (nSPS) is 12.0. The molecule has 0 spiro atoms. The lowest BCUT2D eigenvalue weighted by Crippen LogP contribution is -2.15. The summed E-state index contributed by atoms with van der Waals surface area (Å²) in [4.78, 5) is 28.7. The minimum atomic E-state index is -0.317. The van der Waals surface area contributed by atoms with Crippen LogP contribution in [0.15, 0.2) is 23.6 Å². The predicted octanol–water partition coefficient (Wildman–Crippen LogP) is 2.47. The number of hydrogen-bond donors (Lipinski definition) is 2. The van der Waals surface area contributed by atoms with E-state index in [1.165, 1.54) is 22.7 Å². The smallest absolute Gasteiger partial charge is 0.257 e. The van der Waals surface area contributed by atoms with Crippen molar-refractivity contribution in [3.63, 3.8) is 0 Å². The minimum Gasteiger partial charge on any atom is -0.454 e. The van der Waals surface area contributed by atoms with E-state index < -0.39 is 0 Å². The van der Waals surface area contributed by atoms with Crippen molar-refractivity contribution in [2.75, 3.05) is 17.4 Å². The Hall–Kier alpha value is -3.05. The number of nitrogens with zero attached hydrogens (tertiary/aromatic N) is 3. The lowest BCUT2D eigenvalue weighted by atomic mass is 10.2. The van der Waals surface area contributed by atoms with Gasteiger partial charge in [0.05, 0.1) is 12.1 Å². The number of nitrogens with one attached hydrogen (secondary N) is 2. The van der Waals surface area contributed by atoms with E-state index in [4.69, 9.17) is 9.47 Å². The Bertz CT molecular complexity index is 1020. The third kappa shape index (κ3) is 4.04. The molecule has 0 radical (unpaired) electrons. The van der Waals surface area contributed by atoms with E-state index in [9.17, 15) is 9.59 Å². The van der Waals surface area contributed by atoms with Gasteiger partial charge in [0.15, 0.2) is 16.6 Å². The molecule has 9 nitrogen and oxygen atoms in total. The maximum atomic E-state index is 12.4. The molecule has 27 heavy (non-hydrogen) atoms. The average molecular weight is 403 g/mol. The van der Waals surface area contributed by atoms with Crippen molar-refractivity contribution < 1.29 is 19.1 Å². The van der Waals surface area contributed by atoms with Gasteiger partial charge in [0, 0.05) is 10.9 Å². The highest BCUT2D eigenvalue weighted by atomic mass is 32.1. The molecule has 1 aromatic carbocycles. The van der Waals surface area contributed by atoms with Gasteiger partial charge >= 0.3 is 0 Å². The number of amides is 2.